The second kappa shape index (κ2) is 6.03. The van der Waals surface area contributed by atoms with Gasteiger partial charge in [0.2, 0.25) is 0 Å². The lowest BCUT2D eigenvalue weighted by molar-refractivity contribution is 0.0399. The van der Waals surface area contributed by atoms with Gasteiger partial charge in [-0.15, -0.1) is 23.2 Å². The average Bonchev–Trinajstić information content (AvgIpc) is 1.88. The third-order valence-electron chi connectivity index (χ3n) is 1.50. The monoisotopic (exact) mass is 201 g/mol. The van der Waals surface area contributed by atoms with Crippen LogP contribution in [-0.2, 0) is 4.74 Å². The molecule has 0 aromatic rings. The molecule has 5 heteroatoms. The Kier molecular flexibility index (Phi) is 6.28. The van der Waals surface area contributed by atoms with Gasteiger partial charge in [-0.1, -0.05) is 0 Å². The Balaban J connectivity index is 0.000001000. The number of nitrogens with zero attached hydrogens (tertiary/aromatic N) is 1. The molecular formula is C6H13Cl2NO2. The number of rotatable bonds is 2. The normalized spacial score (nSPS) is 19.9. The van der Waals surface area contributed by atoms with Gasteiger partial charge < -0.3 is 10.2 Å². The van der Waals surface area contributed by atoms with Crippen molar-refractivity contribution in [2.75, 3.05) is 32.8 Å². The van der Waals surface area contributed by atoms with Crippen molar-refractivity contribution in [1.82, 2.24) is 4.90 Å². The molecule has 1 fully saturated rings. The van der Waals surface area contributed by atoms with Crippen molar-refractivity contribution in [2.24, 2.45) is 0 Å². The van der Waals surface area contributed by atoms with Gasteiger partial charge in [0.15, 0.2) is 0 Å². The van der Waals surface area contributed by atoms with Crippen molar-refractivity contribution >= 4 is 23.2 Å². The third-order valence-corrected chi connectivity index (χ3v) is 1.78. The van der Waals surface area contributed by atoms with Gasteiger partial charge in [0.1, 0.15) is 4.84 Å². The van der Waals surface area contributed by atoms with E-state index in [0.717, 1.165) is 32.8 Å². The largest absolute Gasteiger partial charge is 0.412 e. The molecule has 1 aliphatic heterocycles. The molecule has 0 aliphatic carbocycles. The quantitative estimate of drug-likeness (QED) is 0.604. The molecular weight excluding hydrogens is 189 g/mol. The van der Waals surface area contributed by atoms with Crippen molar-refractivity contribution in [2.45, 2.75) is 4.84 Å². The first-order chi connectivity index (χ1) is 4.79. The highest BCUT2D eigenvalue weighted by molar-refractivity contribution is 6.44. The van der Waals surface area contributed by atoms with Crippen LogP contribution < -0.4 is 0 Å². The predicted octanol–water partition coefficient (Wildman–Crippen LogP) is 0.298. The van der Waals surface area contributed by atoms with E-state index < -0.39 is 0 Å². The van der Waals surface area contributed by atoms with Crippen molar-refractivity contribution in [3.8, 4) is 0 Å². The molecule has 0 saturated carbocycles. The summed E-state index contributed by atoms with van der Waals surface area (Å²) in [6.45, 7) is 4.28. The first-order valence-corrected chi connectivity index (χ1v) is 4.24. The van der Waals surface area contributed by atoms with Crippen LogP contribution in [0.3, 0.4) is 0 Å². The molecule has 0 bridgehead atoms. The maximum Gasteiger partial charge on any atom is 0.120 e. The molecule has 2 N–H and O–H groups in total. The van der Waals surface area contributed by atoms with Crippen LogP contribution in [0, 0.1) is 0 Å². The van der Waals surface area contributed by atoms with Gasteiger partial charge in [-0.05, 0) is 0 Å². The van der Waals surface area contributed by atoms with Gasteiger partial charge >= 0.3 is 0 Å². The molecule has 0 atom stereocenters. The molecule has 1 saturated heterocycles. The van der Waals surface area contributed by atoms with E-state index >= 15 is 0 Å². The predicted molar refractivity (Wildman–Crippen MR) is 46.4 cm³/mol. The zero-order valence-corrected chi connectivity index (χ0v) is 7.74. The minimum Gasteiger partial charge on any atom is -0.412 e. The van der Waals surface area contributed by atoms with E-state index in [-0.39, 0.29) is 10.3 Å². The third kappa shape index (κ3) is 4.82. The van der Waals surface area contributed by atoms with Crippen LogP contribution in [0.5, 0.6) is 0 Å². The summed E-state index contributed by atoms with van der Waals surface area (Å²) in [6, 6.07) is 0. The molecule has 3 nitrogen and oxygen atoms in total. The molecule has 1 rings (SSSR count). The summed E-state index contributed by atoms with van der Waals surface area (Å²) < 4.78 is 5.15. The van der Waals surface area contributed by atoms with Crippen LogP contribution in [0.2, 0.25) is 0 Å². The Morgan fingerprint density at radius 3 is 2.27 bits per heavy atom. The Hall–Kier alpha value is 0.460. The highest BCUT2D eigenvalue weighted by Crippen LogP contribution is 2.06. The summed E-state index contributed by atoms with van der Waals surface area (Å²) in [6.07, 6.45) is 0. The highest BCUT2D eigenvalue weighted by atomic mass is 35.5. The number of alkyl halides is 2. The first-order valence-electron chi connectivity index (χ1n) is 3.37. The Bertz CT molecular complexity index is 96.6. The molecule has 1 heterocycles. The van der Waals surface area contributed by atoms with Crippen LogP contribution in [0.15, 0.2) is 0 Å². The van der Waals surface area contributed by atoms with E-state index in [2.05, 4.69) is 4.90 Å². The molecule has 0 radical (unpaired) electrons. The lowest BCUT2D eigenvalue weighted by Crippen LogP contribution is -2.38. The summed E-state index contributed by atoms with van der Waals surface area (Å²) in [5.74, 6) is 0. The lowest BCUT2D eigenvalue weighted by Gasteiger charge is -2.26. The summed E-state index contributed by atoms with van der Waals surface area (Å²) in [5.41, 5.74) is 0. The number of halogens is 2. The average molecular weight is 202 g/mol. The lowest BCUT2D eigenvalue weighted by atomic mass is 10.4. The molecule has 0 aromatic heterocycles. The molecule has 11 heavy (non-hydrogen) atoms. The van der Waals surface area contributed by atoms with Gasteiger partial charge in [0.25, 0.3) is 0 Å². The maximum atomic E-state index is 5.59. The fourth-order valence-electron chi connectivity index (χ4n) is 0.979. The van der Waals surface area contributed by atoms with E-state index in [0.29, 0.717) is 0 Å². The minimum atomic E-state index is -0.266. The number of hydrogen-bond donors (Lipinski definition) is 0. The molecule has 0 amide bonds. The first kappa shape index (κ1) is 11.5. The Morgan fingerprint density at radius 1 is 1.27 bits per heavy atom. The standard InChI is InChI=1S/C6H11Cl2NO.H2O/c7-6(8)5-9-1-3-10-4-2-9;/h6H,1-5H2;1H2. The highest BCUT2D eigenvalue weighted by Gasteiger charge is 2.12. The van der Waals surface area contributed by atoms with Crippen LogP contribution in [0.4, 0.5) is 0 Å². The Morgan fingerprint density at radius 2 is 1.82 bits per heavy atom. The Labute approximate surface area is 76.5 Å². The van der Waals surface area contributed by atoms with Gasteiger partial charge in [0, 0.05) is 19.6 Å². The van der Waals surface area contributed by atoms with Crippen molar-refractivity contribution < 1.29 is 10.2 Å². The summed E-state index contributed by atoms with van der Waals surface area (Å²) >= 11 is 11.2. The second-order valence-electron chi connectivity index (χ2n) is 2.30. The summed E-state index contributed by atoms with van der Waals surface area (Å²) in [4.78, 5) is 1.94. The van der Waals surface area contributed by atoms with Gasteiger partial charge in [-0.2, -0.15) is 0 Å². The van der Waals surface area contributed by atoms with E-state index in [1.54, 1.807) is 0 Å². The van der Waals surface area contributed by atoms with Crippen molar-refractivity contribution in [3.05, 3.63) is 0 Å². The topological polar surface area (TPSA) is 44.0 Å². The smallest absolute Gasteiger partial charge is 0.120 e. The zero-order chi connectivity index (χ0) is 7.40. The minimum absolute atomic E-state index is 0. The molecule has 0 spiro atoms. The maximum absolute atomic E-state index is 5.59. The van der Waals surface area contributed by atoms with Crippen LogP contribution in [-0.4, -0.2) is 48.1 Å². The van der Waals surface area contributed by atoms with Crippen molar-refractivity contribution in [3.63, 3.8) is 0 Å². The fraction of sp³-hybridized carbons (Fsp3) is 1.00. The number of hydrogen-bond acceptors (Lipinski definition) is 2. The van der Waals surface area contributed by atoms with Crippen molar-refractivity contribution in [1.29, 1.82) is 0 Å². The summed E-state index contributed by atoms with van der Waals surface area (Å²) in [7, 11) is 0. The van der Waals surface area contributed by atoms with E-state index in [9.17, 15) is 0 Å². The molecule has 0 aromatic carbocycles. The SMILES string of the molecule is ClC(Cl)CN1CCOCC1.O. The number of morpholine rings is 1. The molecule has 0 unspecified atom stereocenters. The van der Waals surface area contributed by atoms with Crippen LogP contribution in [0.1, 0.15) is 0 Å². The summed E-state index contributed by atoms with van der Waals surface area (Å²) in [5, 5.41) is 0. The van der Waals surface area contributed by atoms with E-state index in [1.165, 1.54) is 0 Å². The number of ether oxygens (including phenoxy) is 1. The van der Waals surface area contributed by atoms with Gasteiger partial charge in [-0.3, -0.25) is 4.90 Å². The van der Waals surface area contributed by atoms with E-state index in [4.69, 9.17) is 27.9 Å². The van der Waals surface area contributed by atoms with E-state index in [1.807, 2.05) is 0 Å². The van der Waals surface area contributed by atoms with Crippen LogP contribution in [0.25, 0.3) is 0 Å². The second-order valence-corrected chi connectivity index (χ2v) is 3.58. The van der Waals surface area contributed by atoms with Gasteiger partial charge in [-0.25, -0.2) is 0 Å². The van der Waals surface area contributed by atoms with Crippen LogP contribution >= 0.6 is 23.2 Å². The molecule has 1 aliphatic rings. The zero-order valence-electron chi connectivity index (χ0n) is 6.22. The van der Waals surface area contributed by atoms with Gasteiger partial charge in [0.05, 0.1) is 13.2 Å². The fourth-order valence-corrected chi connectivity index (χ4v) is 1.37. The molecule has 68 valence electrons.